The number of amides is 1. The maximum absolute atomic E-state index is 11.8. The highest BCUT2D eigenvalue weighted by molar-refractivity contribution is 6.28. The van der Waals surface area contributed by atoms with E-state index in [0.29, 0.717) is 0 Å². The van der Waals surface area contributed by atoms with E-state index in [0.717, 1.165) is 5.56 Å². The Hall–Kier alpha value is -2.21. The van der Waals surface area contributed by atoms with E-state index in [-0.39, 0.29) is 23.9 Å². The molecule has 1 unspecified atom stereocenters. The maximum Gasteiger partial charge on any atom is 0.417 e. The zero-order valence-electron chi connectivity index (χ0n) is 9.73. The molecule has 2 aromatic rings. The van der Waals surface area contributed by atoms with Crippen LogP contribution in [0.2, 0.25) is 5.28 Å². The summed E-state index contributed by atoms with van der Waals surface area (Å²) in [7, 11) is 0. The lowest BCUT2D eigenvalue weighted by atomic mass is 10.1. The number of cyclic esters (lactones) is 1. The van der Waals surface area contributed by atoms with Crippen LogP contribution in [-0.4, -0.2) is 27.7 Å². The second-order valence-electron chi connectivity index (χ2n) is 3.93. The molecule has 0 bridgehead atoms. The number of hydrogen-bond donors (Lipinski definition) is 0. The van der Waals surface area contributed by atoms with Crippen LogP contribution in [0.5, 0.6) is 0 Å². The van der Waals surface area contributed by atoms with Crippen LogP contribution in [0.15, 0.2) is 36.7 Å². The highest BCUT2D eigenvalue weighted by Crippen LogP contribution is 2.30. The predicted molar refractivity (Wildman–Crippen MR) is 67.8 cm³/mol. The molecule has 0 spiro atoms. The van der Waals surface area contributed by atoms with Gasteiger partial charge in [-0.3, -0.25) is 0 Å². The molecule has 0 saturated carbocycles. The highest BCUT2D eigenvalue weighted by Gasteiger charge is 2.37. The van der Waals surface area contributed by atoms with Gasteiger partial charge in [0.05, 0.1) is 0 Å². The number of nitrogens with zero attached hydrogens (tertiary/aromatic N) is 4. The number of carbonyl (C=O) groups excluding carboxylic acids is 1. The number of ether oxygens (including phenoxy) is 1. The fraction of sp³-hybridized carbons (Fsp3) is 0.167. The van der Waals surface area contributed by atoms with Gasteiger partial charge in [0.1, 0.15) is 19.0 Å². The smallest absolute Gasteiger partial charge is 0.417 e. The summed E-state index contributed by atoms with van der Waals surface area (Å²) < 4.78 is 5.07. The fourth-order valence-corrected chi connectivity index (χ4v) is 2.07. The first-order chi connectivity index (χ1) is 9.25. The van der Waals surface area contributed by atoms with Crippen molar-refractivity contribution in [1.29, 1.82) is 0 Å². The average molecular weight is 277 g/mol. The van der Waals surface area contributed by atoms with Crippen molar-refractivity contribution in [2.75, 3.05) is 11.5 Å². The van der Waals surface area contributed by atoms with Gasteiger partial charge in [0, 0.05) is 0 Å². The van der Waals surface area contributed by atoms with Gasteiger partial charge in [0.2, 0.25) is 11.2 Å². The van der Waals surface area contributed by atoms with E-state index in [4.69, 9.17) is 16.3 Å². The number of rotatable bonds is 2. The summed E-state index contributed by atoms with van der Waals surface area (Å²) in [6.45, 7) is 0.256. The van der Waals surface area contributed by atoms with Crippen molar-refractivity contribution in [3.8, 4) is 0 Å². The fourth-order valence-electron chi connectivity index (χ4n) is 1.95. The SMILES string of the molecule is O=C1OCC(c2ccccc2)N1c1ncnc(Cl)n1. The Morgan fingerprint density at radius 3 is 2.79 bits per heavy atom. The van der Waals surface area contributed by atoms with Gasteiger partial charge in [0.25, 0.3) is 0 Å². The molecular formula is C12H9ClN4O2. The summed E-state index contributed by atoms with van der Waals surface area (Å²) in [5.74, 6) is 0.191. The van der Waals surface area contributed by atoms with E-state index >= 15 is 0 Å². The molecule has 0 N–H and O–H groups in total. The molecule has 0 radical (unpaired) electrons. The Kier molecular flexibility index (Phi) is 3.00. The van der Waals surface area contributed by atoms with Gasteiger partial charge in [-0.1, -0.05) is 30.3 Å². The summed E-state index contributed by atoms with van der Waals surface area (Å²) in [6, 6.07) is 9.29. The summed E-state index contributed by atoms with van der Waals surface area (Å²) >= 11 is 5.72. The summed E-state index contributed by atoms with van der Waals surface area (Å²) in [5, 5.41) is 0.0384. The van der Waals surface area contributed by atoms with Crippen molar-refractivity contribution < 1.29 is 9.53 Å². The molecule has 7 heteroatoms. The van der Waals surface area contributed by atoms with Crippen molar-refractivity contribution in [3.05, 3.63) is 47.5 Å². The molecule has 1 saturated heterocycles. The Morgan fingerprint density at radius 1 is 1.26 bits per heavy atom. The van der Waals surface area contributed by atoms with Crippen LogP contribution in [-0.2, 0) is 4.74 Å². The van der Waals surface area contributed by atoms with Gasteiger partial charge < -0.3 is 4.74 Å². The molecule has 19 heavy (non-hydrogen) atoms. The molecule has 6 nitrogen and oxygen atoms in total. The number of benzene rings is 1. The first-order valence-electron chi connectivity index (χ1n) is 5.61. The third kappa shape index (κ3) is 2.22. The van der Waals surface area contributed by atoms with E-state index in [1.807, 2.05) is 30.3 Å². The van der Waals surface area contributed by atoms with Crippen LogP contribution < -0.4 is 4.90 Å². The number of anilines is 1. The van der Waals surface area contributed by atoms with Gasteiger partial charge in [-0.05, 0) is 17.2 Å². The van der Waals surface area contributed by atoms with Crippen LogP contribution in [0.25, 0.3) is 0 Å². The average Bonchev–Trinajstić information content (AvgIpc) is 2.82. The van der Waals surface area contributed by atoms with Crippen molar-refractivity contribution in [2.45, 2.75) is 6.04 Å². The Labute approximate surface area is 114 Å². The second kappa shape index (κ2) is 4.81. The Morgan fingerprint density at radius 2 is 2.05 bits per heavy atom. The summed E-state index contributed by atoms with van der Waals surface area (Å²) in [6.07, 6.45) is 0.773. The standard InChI is InChI=1S/C12H9ClN4O2/c13-10-14-7-15-11(16-10)17-9(6-19-12(17)18)8-4-2-1-3-5-8/h1-5,7,9H,6H2. The van der Waals surface area contributed by atoms with E-state index in [1.54, 1.807) is 0 Å². The molecule has 1 aromatic heterocycles. The quantitative estimate of drug-likeness (QED) is 0.841. The van der Waals surface area contributed by atoms with Crippen LogP contribution in [0.4, 0.5) is 10.7 Å². The molecule has 0 aliphatic carbocycles. The van der Waals surface area contributed by atoms with Crippen molar-refractivity contribution in [2.24, 2.45) is 0 Å². The molecule has 2 heterocycles. The molecule has 1 aromatic carbocycles. The minimum absolute atomic E-state index is 0.0384. The van der Waals surface area contributed by atoms with E-state index in [2.05, 4.69) is 15.0 Å². The number of aromatic nitrogens is 3. The zero-order chi connectivity index (χ0) is 13.2. The van der Waals surface area contributed by atoms with E-state index < -0.39 is 6.09 Å². The molecule has 1 amide bonds. The molecule has 1 aliphatic rings. The number of carbonyl (C=O) groups is 1. The molecule has 1 fully saturated rings. The first-order valence-corrected chi connectivity index (χ1v) is 5.99. The number of halogens is 1. The lowest BCUT2D eigenvalue weighted by Crippen LogP contribution is -2.29. The predicted octanol–water partition coefficient (Wildman–Crippen LogP) is 2.22. The summed E-state index contributed by atoms with van der Waals surface area (Å²) in [4.78, 5) is 24.8. The van der Waals surface area contributed by atoms with E-state index in [9.17, 15) is 4.79 Å². The van der Waals surface area contributed by atoms with Gasteiger partial charge in [-0.15, -0.1) is 0 Å². The molecule has 96 valence electrons. The molecular weight excluding hydrogens is 268 g/mol. The van der Waals surface area contributed by atoms with Gasteiger partial charge in [-0.25, -0.2) is 19.7 Å². The minimum atomic E-state index is -0.490. The monoisotopic (exact) mass is 276 g/mol. The Balaban J connectivity index is 2.00. The second-order valence-corrected chi connectivity index (χ2v) is 4.27. The maximum atomic E-state index is 11.8. The lowest BCUT2D eigenvalue weighted by Gasteiger charge is -2.19. The van der Waals surface area contributed by atoms with Gasteiger partial charge in [0.15, 0.2) is 0 Å². The van der Waals surface area contributed by atoms with Crippen molar-refractivity contribution >= 4 is 23.6 Å². The third-order valence-corrected chi connectivity index (χ3v) is 2.98. The lowest BCUT2D eigenvalue weighted by molar-refractivity contribution is 0.178. The van der Waals surface area contributed by atoms with Gasteiger partial charge in [-0.2, -0.15) is 4.98 Å². The van der Waals surface area contributed by atoms with Gasteiger partial charge >= 0.3 is 6.09 Å². The molecule has 1 aliphatic heterocycles. The highest BCUT2D eigenvalue weighted by atomic mass is 35.5. The van der Waals surface area contributed by atoms with Crippen LogP contribution in [0.3, 0.4) is 0 Å². The molecule has 1 atom stereocenters. The third-order valence-electron chi connectivity index (χ3n) is 2.80. The van der Waals surface area contributed by atoms with Crippen LogP contribution in [0.1, 0.15) is 11.6 Å². The summed E-state index contributed by atoms with van der Waals surface area (Å²) in [5.41, 5.74) is 0.949. The zero-order valence-corrected chi connectivity index (χ0v) is 10.5. The van der Waals surface area contributed by atoms with Crippen LogP contribution >= 0.6 is 11.6 Å². The van der Waals surface area contributed by atoms with Crippen LogP contribution in [0, 0.1) is 0 Å². The number of hydrogen-bond acceptors (Lipinski definition) is 5. The van der Waals surface area contributed by atoms with Crippen molar-refractivity contribution in [3.63, 3.8) is 0 Å². The minimum Gasteiger partial charge on any atom is -0.446 e. The topological polar surface area (TPSA) is 68.2 Å². The van der Waals surface area contributed by atoms with E-state index in [1.165, 1.54) is 11.2 Å². The first kappa shape index (κ1) is 11.9. The van der Waals surface area contributed by atoms with Crippen molar-refractivity contribution in [1.82, 2.24) is 15.0 Å². The normalized spacial score (nSPS) is 18.5. The molecule has 3 rings (SSSR count). The Bertz CT molecular complexity index is 608. The largest absolute Gasteiger partial charge is 0.446 e.